The van der Waals surface area contributed by atoms with Gasteiger partial charge in [-0.2, -0.15) is 0 Å². The average Bonchev–Trinajstić information content (AvgIpc) is 3.17. The summed E-state index contributed by atoms with van der Waals surface area (Å²) in [6.07, 6.45) is -1.25. The first-order chi connectivity index (χ1) is 13.6. The number of likely N-dealkylation sites (tertiary alicyclic amines) is 1. The van der Waals surface area contributed by atoms with Crippen molar-refractivity contribution in [2.24, 2.45) is 5.92 Å². The number of rotatable bonds is 7. The Morgan fingerprint density at radius 1 is 1.21 bits per heavy atom. The first kappa shape index (κ1) is 21.7. The van der Waals surface area contributed by atoms with E-state index in [-0.39, 0.29) is 17.5 Å². The summed E-state index contributed by atoms with van der Waals surface area (Å²) in [7, 11) is -3.91. The Hall–Kier alpha value is -2.04. The maximum absolute atomic E-state index is 12.6. The molecular weight excluding hydrogens is 409 g/mol. The van der Waals surface area contributed by atoms with Crippen LogP contribution in [0.25, 0.3) is 0 Å². The highest BCUT2D eigenvalue weighted by Gasteiger charge is 2.31. The lowest BCUT2D eigenvalue weighted by molar-refractivity contribution is -0.274. The molecule has 1 aromatic heterocycles. The molecule has 160 valence electrons. The fourth-order valence-corrected chi connectivity index (χ4v) is 4.36. The Morgan fingerprint density at radius 2 is 1.86 bits per heavy atom. The van der Waals surface area contributed by atoms with E-state index in [4.69, 9.17) is 4.42 Å². The van der Waals surface area contributed by atoms with Crippen molar-refractivity contribution in [2.75, 3.05) is 19.6 Å². The molecule has 1 N–H and O–H groups in total. The summed E-state index contributed by atoms with van der Waals surface area (Å²) >= 11 is 0. The number of furan rings is 1. The molecule has 1 aliphatic rings. The molecule has 29 heavy (non-hydrogen) atoms. The minimum atomic E-state index is -4.83. The van der Waals surface area contributed by atoms with Crippen LogP contribution in [0.4, 0.5) is 13.2 Å². The molecule has 0 radical (unpaired) electrons. The lowest BCUT2D eigenvalue weighted by Crippen LogP contribution is -2.41. The van der Waals surface area contributed by atoms with Gasteiger partial charge in [-0.25, -0.2) is 13.1 Å². The minimum absolute atomic E-state index is 0.0883. The second-order valence-electron chi connectivity index (χ2n) is 7.12. The summed E-state index contributed by atoms with van der Waals surface area (Å²) < 4.78 is 73.8. The molecule has 2 aromatic rings. The number of alkyl halides is 3. The first-order valence-corrected chi connectivity index (χ1v) is 10.8. The number of nitrogens with zero attached hydrogens (tertiary/aromatic N) is 1. The van der Waals surface area contributed by atoms with Crippen LogP contribution < -0.4 is 9.46 Å². The summed E-state index contributed by atoms with van der Waals surface area (Å²) in [5.74, 6) is 0.807. The van der Waals surface area contributed by atoms with E-state index in [9.17, 15) is 21.6 Å². The van der Waals surface area contributed by atoms with Crippen molar-refractivity contribution < 1.29 is 30.7 Å². The molecule has 10 heteroatoms. The van der Waals surface area contributed by atoms with E-state index >= 15 is 0 Å². The van der Waals surface area contributed by atoms with E-state index < -0.39 is 22.1 Å². The van der Waals surface area contributed by atoms with Gasteiger partial charge >= 0.3 is 6.36 Å². The number of halogens is 3. The molecule has 6 nitrogen and oxygen atoms in total. The molecule has 1 saturated heterocycles. The number of piperidine rings is 1. The molecular formula is C19H23F3N2O4S. The van der Waals surface area contributed by atoms with Gasteiger partial charge in [0.2, 0.25) is 10.0 Å². The molecule has 0 unspecified atom stereocenters. The van der Waals surface area contributed by atoms with Gasteiger partial charge < -0.3 is 9.15 Å². The van der Waals surface area contributed by atoms with Crippen molar-refractivity contribution in [3.05, 3.63) is 48.4 Å². The number of hydrogen-bond donors (Lipinski definition) is 1. The van der Waals surface area contributed by atoms with Crippen molar-refractivity contribution in [3.8, 4) is 5.75 Å². The van der Waals surface area contributed by atoms with E-state index in [1.54, 1.807) is 18.4 Å². The largest absolute Gasteiger partial charge is 0.573 e. The number of nitrogens with one attached hydrogen (secondary N) is 1. The number of ether oxygens (including phenoxy) is 1. The van der Waals surface area contributed by atoms with Gasteiger partial charge in [-0.05, 0) is 68.2 Å². The van der Waals surface area contributed by atoms with E-state index in [0.717, 1.165) is 50.2 Å². The van der Waals surface area contributed by atoms with Gasteiger partial charge in [-0.1, -0.05) is 6.92 Å². The fraction of sp³-hybridized carbons (Fsp3) is 0.474. The van der Waals surface area contributed by atoms with Gasteiger partial charge in [0.15, 0.2) is 0 Å². The molecule has 0 saturated carbocycles. The van der Waals surface area contributed by atoms with Crippen LogP contribution in [0.2, 0.25) is 0 Å². The first-order valence-electron chi connectivity index (χ1n) is 9.27. The van der Waals surface area contributed by atoms with E-state index in [1.807, 2.05) is 0 Å². The third kappa shape index (κ3) is 5.97. The average molecular weight is 432 g/mol. The van der Waals surface area contributed by atoms with Crippen LogP contribution in [-0.4, -0.2) is 39.3 Å². The van der Waals surface area contributed by atoms with Gasteiger partial charge in [0, 0.05) is 6.54 Å². The summed E-state index contributed by atoms with van der Waals surface area (Å²) in [5.41, 5.74) is 0. The van der Waals surface area contributed by atoms with Gasteiger partial charge in [-0.3, -0.25) is 4.90 Å². The van der Waals surface area contributed by atoms with Crippen molar-refractivity contribution in [1.82, 2.24) is 9.62 Å². The normalized spacial score (nSPS) is 17.9. The summed E-state index contributed by atoms with van der Waals surface area (Å²) in [4.78, 5) is 2.04. The zero-order valence-electron chi connectivity index (χ0n) is 15.9. The third-order valence-corrected chi connectivity index (χ3v) is 6.40. The molecule has 1 aromatic carbocycles. The highest BCUT2D eigenvalue weighted by Crippen LogP contribution is 2.28. The Balaban J connectivity index is 1.69. The number of sulfonamides is 1. The summed E-state index contributed by atoms with van der Waals surface area (Å²) in [6, 6.07) is 7.39. The van der Waals surface area contributed by atoms with Gasteiger partial charge in [0.1, 0.15) is 11.5 Å². The molecule has 3 rings (SSSR count). The molecule has 1 atom stereocenters. The zero-order chi connectivity index (χ0) is 21.1. The number of benzene rings is 1. The van der Waals surface area contributed by atoms with E-state index in [2.05, 4.69) is 21.3 Å². The van der Waals surface area contributed by atoms with Crippen molar-refractivity contribution in [2.45, 2.75) is 37.1 Å². The van der Waals surface area contributed by atoms with Crippen LogP contribution in [0.5, 0.6) is 5.75 Å². The summed E-state index contributed by atoms with van der Waals surface area (Å²) in [6.45, 7) is 3.94. The summed E-state index contributed by atoms with van der Waals surface area (Å²) in [5, 5.41) is 0. The molecule has 1 fully saturated rings. The molecule has 1 aliphatic heterocycles. The van der Waals surface area contributed by atoms with Gasteiger partial charge in [0.25, 0.3) is 0 Å². The Labute approximate surface area is 167 Å². The smallest absolute Gasteiger partial charge is 0.468 e. The molecule has 0 amide bonds. The minimum Gasteiger partial charge on any atom is -0.468 e. The van der Waals surface area contributed by atoms with Crippen LogP contribution in [0.1, 0.15) is 31.6 Å². The highest BCUT2D eigenvalue weighted by atomic mass is 32.2. The molecule has 0 spiro atoms. The van der Waals surface area contributed by atoms with Crippen LogP contribution >= 0.6 is 0 Å². The Kier molecular flexibility index (Phi) is 6.55. The Morgan fingerprint density at radius 3 is 2.41 bits per heavy atom. The van der Waals surface area contributed by atoms with Crippen LogP contribution in [0.15, 0.2) is 52.0 Å². The second kappa shape index (κ2) is 8.76. The van der Waals surface area contributed by atoms with Crippen molar-refractivity contribution >= 4 is 10.0 Å². The van der Waals surface area contributed by atoms with Gasteiger partial charge in [-0.15, -0.1) is 13.2 Å². The lowest BCUT2D eigenvalue weighted by Gasteiger charge is -2.35. The SMILES string of the molecule is CC1CCN([C@H](CNS(=O)(=O)c2ccc(OC(F)(F)F)cc2)c2ccco2)CC1. The third-order valence-electron chi connectivity index (χ3n) is 4.96. The van der Waals surface area contributed by atoms with Crippen LogP contribution in [0, 0.1) is 5.92 Å². The van der Waals surface area contributed by atoms with E-state index in [1.165, 1.54) is 0 Å². The van der Waals surface area contributed by atoms with Crippen molar-refractivity contribution in [3.63, 3.8) is 0 Å². The molecule has 0 aliphatic carbocycles. The van der Waals surface area contributed by atoms with Gasteiger partial charge in [0.05, 0.1) is 17.2 Å². The second-order valence-corrected chi connectivity index (χ2v) is 8.89. The van der Waals surface area contributed by atoms with Crippen LogP contribution in [-0.2, 0) is 10.0 Å². The fourth-order valence-electron chi connectivity index (χ4n) is 3.32. The molecule has 0 bridgehead atoms. The number of hydrogen-bond acceptors (Lipinski definition) is 5. The predicted octanol–water partition coefficient (Wildman–Crippen LogP) is 3.93. The van der Waals surface area contributed by atoms with Crippen molar-refractivity contribution in [1.29, 1.82) is 0 Å². The molecule has 2 heterocycles. The highest BCUT2D eigenvalue weighted by molar-refractivity contribution is 7.89. The van der Waals surface area contributed by atoms with E-state index in [0.29, 0.717) is 11.7 Å². The van der Waals surface area contributed by atoms with Crippen LogP contribution in [0.3, 0.4) is 0 Å². The zero-order valence-corrected chi connectivity index (χ0v) is 16.7. The monoisotopic (exact) mass is 432 g/mol. The lowest BCUT2D eigenvalue weighted by atomic mass is 9.97. The topological polar surface area (TPSA) is 71.8 Å². The standard InChI is InChI=1S/C19H23F3N2O4S/c1-14-8-10-24(11-9-14)17(18-3-2-12-27-18)13-23-29(25,26)16-6-4-15(5-7-16)28-19(20,21)22/h2-7,12,14,17,23H,8-11,13H2,1H3/t17-/m1/s1. The quantitative estimate of drug-likeness (QED) is 0.718. The maximum atomic E-state index is 12.6. The maximum Gasteiger partial charge on any atom is 0.573 e. The predicted molar refractivity (Wildman–Crippen MR) is 99.7 cm³/mol. The Bertz CT molecular complexity index is 875.